The number of rotatable bonds is 7. The molecule has 0 aliphatic heterocycles. The van der Waals surface area contributed by atoms with Gasteiger partial charge < -0.3 is 10.2 Å². The largest absolute Gasteiger partial charge is 0.416 e. The molecule has 0 radical (unpaired) electrons. The van der Waals surface area contributed by atoms with Crippen molar-refractivity contribution in [2.45, 2.75) is 38.4 Å². The highest BCUT2D eigenvalue weighted by Gasteiger charge is 2.39. The molecule has 4 aromatic rings. The molecule has 0 aliphatic carbocycles. The van der Waals surface area contributed by atoms with E-state index in [0.29, 0.717) is 10.6 Å². The predicted molar refractivity (Wildman–Crippen MR) is 130 cm³/mol. The molecule has 3 heterocycles. The number of hydrogen-bond acceptors (Lipinski definition) is 6. The van der Waals surface area contributed by atoms with Gasteiger partial charge in [0.05, 0.1) is 23.8 Å². The first kappa shape index (κ1) is 27.1. The number of halogens is 6. The summed E-state index contributed by atoms with van der Waals surface area (Å²) in [5.74, 6) is 0.229. The lowest BCUT2D eigenvalue weighted by Crippen LogP contribution is -2.37. The fraction of sp³-hybridized carbons (Fsp3) is 0.273. The van der Waals surface area contributed by atoms with Crippen molar-refractivity contribution in [2.75, 3.05) is 0 Å². The zero-order valence-corrected chi connectivity index (χ0v) is 21.1. The van der Waals surface area contributed by atoms with Gasteiger partial charge in [-0.15, -0.1) is 5.10 Å². The molecule has 2 atom stereocenters. The van der Waals surface area contributed by atoms with Gasteiger partial charge in [0, 0.05) is 16.8 Å². The summed E-state index contributed by atoms with van der Waals surface area (Å²) in [4.78, 5) is 21.7. The summed E-state index contributed by atoms with van der Waals surface area (Å²) in [5.41, 5.74) is -0.707. The highest BCUT2D eigenvalue weighted by molar-refractivity contribution is 6.32. The Morgan fingerprint density at radius 3 is 2.32 bits per heavy atom. The molecule has 0 unspecified atom stereocenters. The Labute approximate surface area is 222 Å². The van der Waals surface area contributed by atoms with Gasteiger partial charge in [-0.1, -0.05) is 46.9 Å². The quantitative estimate of drug-likeness (QED) is 0.339. The van der Waals surface area contributed by atoms with Crippen LogP contribution in [-0.2, 0) is 13.1 Å². The number of nitrogens with zero attached hydrogens (tertiary/aromatic N) is 6. The van der Waals surface area contributed by atoms with Crippen molar-refractivity contribution in [3.8, 4) is 17.1 Å². The molecular weight excluding hydrogens is 560 g/mol. The van der Waals surface area contributed by atoms with Crippen LogP contribution in [-0.4, -0.2) is 51.4 Å². The summed E-state index contributed by atoms with van der Waals surface area (Å²) >= 11 is 18.6. The number of aliphatic hydroxyl groups is 2. The summed E-state index contributed by atoms with van der Waals surface area (Å²) in [6.07, 6.45) is -7.45. The third-order valence-electron chi connectivity index (χ3n) is 5.30. The van der Waals surface area contributed by atoms with Gasteiger partial charge in [-0.25, -0.2) is 14.8 Å². The molecule has 0 fully saturated rings. The molecule has 0 spiro atoms. The molecular formula is C22H18Cl3F3N6O3. The number of hydrogen-bond donors (Lipinski definition) is 2. The van der Waals surface area contributed by atoms with Crippen LogP contribution >= 0.6 is 34.8 Å². The Bertz CT molecular complexity index is 1480. The zero-order chi connectivity index (χ0) is 27.1. The number of aliphatic hydroxyl groups excluding tert-OH is 2. The lowest BCUT2D eigenvalue weighted by atomic mass is 10.1. The molecule has 4 rings (SSSR count). The van der Waals surface area contributed by atoms with Crippen LogP contribution in [0.2, 0.25) is 15.2 Å². The van der Waals surface area contributed by atoms with E-state index in [-0.39, 0.29) is 39.9 Å². The van der Waals surface area contributed by atoms with E-state index in [1.807, 2.05) is 0 Å². The molecule has 196 valence electrons. The van der Waals surface area contributed by atoms with Crippen molar-refractivity contribution >= 4 is 34.8 Å². The minimum Gasteiger partial charge on any atom is -0.385 e. The van der Waals surface area contributed by atoms with Gasteiger partial charge in [-0.3, -0.25) is 9.13 Å². The van der Waals surface area contributed by atoms with Crippen molar-refractivity contribution in [3.05, 3.63) is 79.9 Å². The Morgan fingerprint density at radius 1 is 1.05 bits per heavy atom. The van der Waals surface area contributed by atoms with E-state index in [0.717, 1.165) is 9.13 Å². The Morgan fingerprint density at radius 2 is 1.73 bits per heavy atom. The molecule has 2 N–H and O–H groups in total. The van der Waals surface area contributed by atoms with Crippen molar-refractivity contribution in [1.29, 1.82) is 0 Å². The fourth-order valence-corrected chi connectivity index (χ4v) is 4.24. The fourth-order valence-electron chi connectivity index (χ4n) is 3.57. The summed E-state index contributed by atoms with van der Waals surface area (Å²) in [7, 11) is 0. The molecule has 0 saturated carbocycles. The molecule has 0 bridgehead atoms. The number of alkyl halides is 3. The van der Waals surface area contributed by atoms with Crippen molar-refractivity contribution in [1.82, 2.24) is 28.9 Å². The monoisotopic (exact) mass is 576 g/mol. The lowest BCUT2D eigenvalue weighted by molar-refractivity contribution is -0.207. The molecule has 37 heavy (non-hydrogen) atoms. The smallest absolute Gasteiger partial charge is 0.385 e. The number of imidazole rings is 1. The van der Waals surface area contributed by atoms with Crippen molar-refractivity contribution in [3.63, 3.8) is 0 Å². The van der Waals surface area contributed by atoms with Crippen LogP contribution < -0.4 is 5.69 Å². The van der Waals surface area contributed by atoms with Gasteiger partial charge in [-0.05, 0) is 31.2 Å². The van der Waals surface area contributed by atoms with Gasteiger partial charge >= 0.3 is 11.9 Å². The summed E-state index contributed by atoms with van der Waals surface area (Å²) < 4.78 is 42.3. The van der Waals surface area contributed by atoms with Crippen LogP contribution in [0.25, 0.3) is 17.1 Å². The maximum Gasteiger partial charge on any atom is 0.416 e. The van der Waals surface area contributed by atoms with E-state index in [9.17, 15) is 28.2 Å². The van der Waals surface area contributed by atoms with Crippen molar-refractivity contribution < 1.29 is 23.4 Å². The SMILES string of the molecule is C[C@H](O)c1nc(Cn2c(Cl)c(-c3ccc(Cl)cc3)n(C[C@H](O)C(F)(F)F)c2=O)nn1-c1ncccc1Cl. The van der Waals surface area contributed by atoms with E-state index < -0.39 is 30.6 Å². The highest BCUT2D eigenvalue weighted by atomic mass is 35.5. The Kier molecular flexibility index (Phi) is 7.67. The second-order valence-electron chi connectivity index (χ2n) is 7.97. The van der Waals surface area contributed by atoms with Crippen LogP contribution in [0.4, 0.5) is 13.2 Å². The van der Waals surface area contributed by atoms with Gasteiger partial charge in [0.15, 0.2) is 23.6 Å². The molecule has 1 aromatic carbocycles. The van der Waals surface area contributed by atoms with Gasteiger partial charge in [0.1, 0.15) is 11.3 Å². The van der Waals surface area contributed by atoms with Gasteiger partial charge in [-0.2, -0.15) is 17.9 Å². The molecule has 9 nitrogen and oxygen atoms in total. The van der Waals surface area contributed by atoms with E-state index in [4.69, 9.17) is 34.8 Å². The molecule has 0 saturated heterocycles. The maximum absolute atomic E-state index is 13.3. The van der Waals surface area contributed by atoms with E-state index >= 15 is 0 Å². The van der Waals surface area contributed by atoms with Gasteiger partial charge in [0.2, 0.25) is 0 Å². The number of benzene rings is 1. The highest BCUT2D eigenvalue weighted by Crippen LogP contribution is 2.31. The van der Waals surface area contributed by atoms with E-state index in [1.54, 1.807) is 12.1 Å². The maximum atomic E-state index is 13.3. The minimum atomic E-state index is -4.97. The Balaban J connectivity index is 1.83. The van der Waals surface area contributed by atoms with Crippen LogP contribution in [0.15, 0.2) is 47.4 Å². The topological polar surface area (TPSA) is 111 Å². The van der Waals surface area contributed by atoms with Gasteiger partial charge in [0.25, 0.3) is 0 Å². The number of aromatic nitrogens is 6. The normalized spacial score (nSPS) is 13.6. The van der Waals surface area contributed by atoms with Crippen LogP contribution in [0.5, 0.6) is 0 Å². The van der Waals surface area contributed by atoms with Crippen LogP contribution in [0, 0.1) is 0 Å². The Hall–Kier alpha value is -2.90. The van der Waals surface area contributed by atoms with Crippen LogP contribution in [0.3, 0.4) is 0 Å². The lowest BCUT2D eigenvalue weighted by Gasteiger charge is -2.16. The first-order valence-corrected chi connectivity index (χ1v) is 11.8. The molecule has 3 aromatic heterocycles. The second kappa shape index (κ2) is 10.5. The number of pyridine rings is 1. The first-order chi connectivity index (χ1) is 17.4. The van der Waals surface area contributed by atoms with E-state index in [1.165, 1.54) is 42.1 Å². The summed E-state index contributed by atoms with van der Waals surface area (Å²) in [6, 6.07) is 9.07. The third-order valence-corrected chi connectivity index (χ3v) is 6.23. The van der Waals surface area contributed by atoms with E-state index in [2.05, 4.69) is 15.1 Å². The minimum absolute atomic E-state index is 0.00204. The third kappa shape index (κ3) is 5.53. The average Bonchev–Trinajstić information content (AvgIpc) is 3.35. The molecule has 15 heteroatoms. The molecule has 0 amide bonds. The second-order valence-corrected chi connectivity index (χ2v) is 9.17. The standard InChI is InChI=1S/C22H18Cl3F3N6O3/c1-11(35)19-30-16(31-34(19)20-14(24)3-2-8-29-20)10-33-18(25)17(12-4-6-13(23)7-5-12)32(21(33)37)9-15(36)22(26,27)28/h2-8,11,15,35-36H,9-10H2,1H3/t11-,15-/m0/s1. The molecule has 0 aliphatic rings. The van der Waals surface area contributed by atoms with Crippen molar-refractivity contribution in [2.24, 2.45) is 0 Å². The summed E-state index contributed by atoms with van der Waals surface area (Å²) in [5, 5.41) is 24.5. The van der Waals surface area contributed by atoms with Crippen LogP contribution in [0.1, 0.15) is 24.7 Å². The first-order valence-electron chi connectivity index (χ1n) is 10.6. The predicted octanol–water partition coefficient (Wildman–Crippen LogP) is 4.28. The summed E-state index contributed by atoms with van der Waals surface area (Å²) in [6.45, 7) is -0.0319. The zero-order valence-electron chi connectivity index (χ0n) is 18.9. The average molecular weight is 578 g/mol.